The van der Waals surface area contributed by atoms with Gasteiger partial charge in [0.25, 0.3) is 5.91 Å². The Balaban J connectivity index is 2.08. The van der Waals surface area contributed by atoms with Crippen molar-refractivity contribution in [3.05, 3.63) is 57.6 Å². The summed E-state index contributed by atoms with van der Waals surface area (Å²) in [6.07, 6.45) is 0. The van der Waals surface area contributed by atoms with E-state index in [1.54, 1.807) is 12.1 Å². The minimum atomic E-state index is -0.241. The number of rotatable bonds is 3. The van der Waals surface area contributed by atoms with Crippen molar-refractivity contribution < 1.29 is 9.90 Å². The first-order chi connectivity index (χ1) is 9.49. The molecule has 0 aliphatic heterocycles. The van der Waals surface area contributed by atoms with E-state index in [-0.39, 0.29) is 11.7 Å². The van der Waals surface area contributed by atoms with Crippen LogP contribution in [-0.2, 0) is 6.54 Å². The van der Waals surface area contributed by atoms with E-state index in [2.05, 4.69) is 21.2 Å². The Morgan fingerprint density at radius 2 is 2.10 bits per heavy atom. The molecule has 5 heteroatoms. The SMILES string of the molecule is Cc1c(N)cccc1CNC(=O)c1ccc(Br)c(O)c1. The molecule has 0 spiro atoms. The van der Waals surface area contributed by atoms with Crippen molar-refractivity contribution >= 4 is 27.5 Å². The first-order valence-electron chi connectivity index (χ1n) is 6.09. The third-order valence-corrected chi connectivity index (χ3v) is 3.81. The van der Waals surface area contributed by atoms with Gasteiger partial charge in [0.2, 0.25) is 0 Å². The lowest BCUT2D eigenvalue weighted by Gasteiger charge is -2.10. The fourth-order valence-corrected chi connectivity index (χ4v) is 2.07. The van der Waals surface area contributed by atoms with Crippen LogP contribution in [0, 0.1) is 6.92 Å². The number of halogens is 1. The molecule has 0 atom stereocenters. The Labute approximate surface area is 125 Å². The highest BCUT2D eigenvalue weighted by Gasteiger charge is 2.09. The standard InChI is InChI=1S/C15H15BrN2O2/c1-9-11(3-2-4-13(9)17)8-18-15(20)10-5-6-12(16)14(19)7-10/h2-7,19H,8,17H2,1H3,(H,18,20). The average molecular weight is 335 g/mol. The molecular formula is C15H15BrN2O2. The maximum Gasteiger partial charge on any atom is 0.251 e. The molecule has 0 aromatic heterocycles. The van der Waals surface area contributed by atoms with Crippen LogP contribution in [0.15, 0.2) is 40.9 Å². The minimum Gasteiger partial charge on any atom is -0.507 e. The number of aromatic hydroxyl groups is 1. The number of phenolic OH excluding ortho intramolecular Hbond substituents is 1. The smallest absolute Gasteiger partial charge is 0.251 e. The highest BCUT2D eigenvalue weighted by Crippen LogP contribution is 2.24. The van der Waals surface area contributed by atoms with Crippen LogP contribution in [-0.4, -0.2) is 11.0 Å². The van der Waals surface area contributed by atoms with E-state index in [1.807, 2.05) is 25.1 Å². The minimum absolute atomic E-state index is 0.0396. The molecule has 2 rings (SSSR count). The second kappa shape index (κ2) is 5.96. The molecule has 0 aliphatic rings. The zero-order chi connectivity index (χ0) is 14.7. The molecule has 4 nitrogen and oxygen atoms in total. The topological polar surface area (TPSA) is 75.3 Å². The predicted molar refractivity (Wildman–Crippen MR) is 82.6 cm³/mol. The number of anilines is 1. The molecule has 0 bridgehead atoms. The van der Waals surface area contributed by atoms with Gasteiger partial charge in [-0.05, 0) is 58.2 Å². The van der Waals surface area contributed by atoms with Gasteiger partial charge in [-0.15, -0.1) is 0 Å². The lowest BCUT2D eigenvalue weighted by atomic mass is 10.1. The molecule has 0 radical (unpaired) electrons. The summed E-state index contributed by atoms with van der Waals surface area (Å²) >= 11 is 3.18. The lowest BCUT2D eigenvalue weighted by Crippen LogP contribution is -2.23. The van der Waals surface area contributed by atoms with Crippen LogP contribution in [0.1, 0.15) is 21.5 Å². The molecule has 2 aromatic carbocycles. The Bertz CT molecular complexity index is 656. The number of carbonyl (C=O) groups is 1. The molecule has 4 N–H and O–H groups in total. The van der Waals surface area contributed by atoms with E-state index < -0.39 is 0 Å². The van der Waals surface area contributed by atoms with E-state index in [0.29, 0.717) is 22.3 Å². The molecular weight excluding hydrogens is 320 g/mol. The van der Waals surface area contributed by atoms with Crippen molar-refractivity contribution in [3.8, 4) is 5.75 Å². The third kappa shape index (κ3) is 3.11. The van der Waals surface area contributed by atoms with E-state index in [4.69, 9.17) is 5.73 Å². The highest BCUT2D eigenvalue weighted by atomic mass is 79.9. The van der Waals surface area contributed by atoms with Crippen LogP contribution in [0.3, 0.4) is 0 Å². The summed E-state index contributed by atoms with van der Waals surface area (Å²) in [6, 6.07) is 10.3. The number of carbonyl (C=O) groups excluding carboxylic acids is 1. The monoisotopic (exact) mass is 334 g/mol. The summed E-state index contributed by atoms with van der Waals surface area (Å²) in [6.45, 7) is 2.31. The van der Waals surface area contributed by atoms with Gasteiger partial charge in [-0.25, -0.2) is 0 Å². The quantitative estimate of drug-likeness (QED) is 0.755. The van der Waals surface area contributed by atoms with Gasteiger partial charge in [0.15, 0.2) is 0 Å². The third-order valence-electron chi connectivity index (χ3n) is 3.14. The lowest BCUT2D eigenvalue weighted by molar-refractivity contribution is 0.0950. The zero-order valence-corrected chi connectivity index (χ0v) is 12.6. The Morgan fingerprint density at radius 3 is 2.80 bits per heavy atom. The molecule has 1 amide bonds. The molecule has 0 saturated heterocycles. The van der Waals surface area contributed by atoms with Gasteiger partial charge >= 0.3 is 0 Å². The summed E-state index contributed by atoms with van der Waals surface area (Å²) in [5.41, 5.74) is 8.88. The number of hydrogen-bond acceptors (Lipinski definition) is 3. The van der Waals surface area contributed by atoms with Crippen molar-refractivity contribution in [1.82, 2.24) is 5.32 Å². The fraction of sp³-hybridized carbons (Fsp3) is 0.133. The average Bonchev–Trinajstić information content (AvgIpc) is 2.43. The normalized spacial score (nSPS) is 10.3. The second-order valence-electron chi connectivity index (χ2n) is 4.48. The van der Waals surface area contributed by atoms with Crippen LogP contribution in [0.4, 0.5) is 5.69 Å². The first-order valence-corrected chi connectivity index (χ1v) is 6.89. The largest absolute Gasteiger partial charge is 0.507 e. The summed E-state index contributed by atoms with van der Waals surface area (Å²) in [4.78, 5) is 12.0. The fourth-order valence-electron chi connectivity index (χ4n) is 1.83. The second-order valence-corrected chi connectivity index (χ2v) is 5.33. The summed E-state index contributed by atoms with van der Waals surface area (Å²) in [7, 11) is 0. The summed E-state index contributed by atoms with van der Waals surface area (Å²) in [5.74, 6) is -0.201. The van der Waals surface area contributed by atoms with Crippen molar-refractivity contribution in [3.63, 3.8) is 0 Å². The predicted octanol–water partition coefficient (Wildman–Crippen LogP) is 2.98. The van der Waals surface area contributed by atoms with Gasteiger partial charge in [-0.3, -0.25) is 4.79 Å². The van der Waals surface area contributed by atoms with E-state index in [0.717, 1.165) is 11.1 Å². The number of nitrogens with two attached hydrogens (primary N) is 1. The number of amides is 1. The van der Waals surface area contributed by atoms with Gasteiger partial charge in [0.05, 0.1) is 4.47 Å². The maximum atomic E-state index is 12.0. The molecule has 0 fully saturated rings. The molecule has 0 unspecified atom stereocenters. The number of nitrogens with one attached hydrogen (secondary N) is 1. The van der Waals surface area contributed by atoms with Crippen molar-refractivity contribution in [1.29, 1.82) is 0 Å². The maximum absolute atomic E-state index is 12.0. The zero-order valence-electron chi connectivity index (χ0n) is 11.0. The van der Waals surface area contributed by atoms with Crippen LogP contribution < -0.4 is 11.1 Å². The van der Waals surface area contributed by atoms with Gasteiger partial charge in [-0.1, -0.05) is 12.1 Å². The van der Waals surface area contributed by atoms with E-state index in [1.165, 1.54) is 6.07 Å². The number of phenols is 1. The summed E-state index contributed by atoms with van der Waals surface area (Å²) < 4.78 is 0.556. The number of benzene rings is 2. The number of hydrogen-bond donors (Lipinski definition) is 3. The van der Waals surface area contributed by atoms with Gasteiger partial charge in [0, 0.05) is 17.8 Å². The highest BCUT2D eigenvalue weighted by molar-refractivity contribution is 9.10. The first kappa shape index (κ1) is 14.4. The van der Waals surface area contributed by atoms with Crippen molar-refractivity contribution in [2.24, 2.45) is 0 Å². The molecule has 0 aliphatic carbocycles. The molecule has 20 heavy (non-hydrogen) atoms. The van der Waals surface area contributed by atoms with Gasteiger partial charge in [-0.2, -0.15) is 0 Å². The van der Waals surface area contributed by atoms with Crippen LogP contribution in [0.2, 0.25) is 0 Å². The van der Waals surface area contributed by atoms with E-state index in [9.17, 15) is 9.90 Å². The van der Waals surface area contributed by atoms with Gasteiger partial charge in [0.1, 0.15) is 5.75 Å². The van der Waals surface area contributed by atoms with E-state index >= 15 is 0 Å². The van der Waals surface area contributed by atoms with Crippen molar-refractivity contribution in [2.75, 3.05) is 5.73 Å². The van der Waals surface area contributed by atoms with Crippen LogP contribution in [0.25, 0.3) is 0 Å². The molecule has 104 valence electrons. The summed E-state index contributed by atoms with van der Waals surface area (Å²) in [5, 5.41) is 12.4. The molecule has 0 heterocycles. The molecule has 0 saturated carbocycles. The number of nitrogen functional groups attached to an aromatic ring is 1. The van der Waals surface area contributed by atoms with Crippen LogP contribution >= 0.6 is 15.9 Å². The Kier molecular flexibility index (Phi) is 4.29. The Hall–Kier alpha value is -2.01. The molecule has 2 aromatic rings. The van der Waals surface area contributed by atoms with Crippen molar-refractivity contribution in [2.45, 2.75) is 13.5 Å². The van der Waals surface area contributed by atoms with Crippen LogP contribution in [0.5, 0.6) is 5.75 Å². The van der Waals surface area contributed by atoms with Gasteiger partial charge < -0.3 is 16.2 Å². The Morgan fingerprint density at radius 1 is 1.35 bits per heavy atom.